The van der Waals surface area contributed by atoms with Crippen LogP contribution in [0.2, 0.25) is 0 Å². The molecule has 1 N–H and O–H groups in total. The zero-order valence-electron chi connectivity index (χ0n) is 8.90. The summed E-state index contributed by atoms with van der Waals surface area (Å²) in [5, 5.41) is 1.63. The van der Waals surface area contributed by atoms with Gasteiger partial charge in [-0.3, -0.25) is 9.59 Å². The summed E-state index contributed by atoms with van der Waals surface area (Å²) in [7, 11) is 0. The van der Waals surface area contributed by atoms with E-state index in [2.05, 4.69) is 15.9 Å². The predicted molar refractivity (Wildman–Crippen MR) is 56.2 cm³/mol. The second-order valence-electron chi connectivity index (χ2n) is 3.43. The Balaban J connectivity index is 4.69. The zero-order valence-corrected chi connectivity index (χ0v) is 10.5. The number of halogens is 4. The molecule has 2 unspecified atom stereocenters. The topological polar surface area (TPSA) is 46.2 Å². The molecule has 0 bridgehead atoms. The number of hydrogen-bond acceptors (Lipinski definition) is 2. The van der Waals surface area contributed by atoms with Crippen LogP contribution in [0, 0.1) is 5.92 Å². The Kier molecular flexibility index (Phi) is 5.99. The molecule has 16 heavy (non-hydrogen) atoms. The predicted octanol–water partition coefficient (Wildman–Crippen LogP) is 2.04. The van der Waals surface area contributed by atoms with Crippen LogP contribution in [0.5, 0.6) is 0 Å². The third-order valence-electron chi connectivity index (χ3n) is 2.24. The fraction of sp³-hybridized carbons (Fsp3) is 0.778. The maximum Gasteiger partial charge on any atom is 0.471 e. The minimum absolute atomic E-state index is 0.0832. The van der Waals surface area contributed by atoms with E-state index in [1.165, 1.54) is 0 Å². The van der Waals surface area contributed by atoms with Gasteiger partial charge in [0.25, 0.3) is 0 Å². The van der Waals surface area contributed by atoms with E-state index in [4.69, 9.17) is 0 Å². The van der Waals surface area contributed by atoms with Crippen LogP contribution < -0.4 is 5.32 Å². The lowest BCUT2D eigenvalue weighted by Crippen LogP contribution is -2.50. The van der Waals surface area contributed by atoms with Crippen LogP contribution in [0.15, 0.2) is 0 Å². The summed E-state index contributed by atoms with van der Waals surface area (Å²) in [6.45, 7) is 3.35. The van der Waals surface area contributed by atoms with Gasteiger partial charge in [0.15, 0.2) is 5.78 Å². The van der Waals surface area contributed by atoms with Gasteiger partial charge >= 0.3 is 12.1 Å². The number of hydrogen-bond donors (Lipinski definition) is 1. The molecule has 94 valence electrons. The first kappa shape index (κ1) is 15.4. The Morgan fingerprint density at radius 2 is 1.88 bits per heavy atom. The number of nitrogens with one attached hydrogen (secondary N) is 1. The highest BCUT2D eigenvalue weighted by Crippen LogP contribution is 2.17. The van der Waals surface area contributed by atoms with E-state index in [-0.39, 0.29) is 11.2 Å². The molecular formula is C9H13BrF3NO2. The smallest absolute Gasteiger partial charge is 0.338 e. The molecule has 7 heteroatoms. The zero-order chi connectivity index (χ0) is 12.9. The summed E-state index contributed by atoms with van der Waals surface area (Å²) >= 11 is 2.87. The van der Waals surface area contributed by atoms with Crippen molar-refractivity contribution in [1.29, 1.82) is 0 Å². The molecule has 0 saturated heterocycles. The highest BCUT2D eigenvalue weighted by atomic mass is 79.9. The standard InChI is InChI=1S/C9H13BrF3NO2/c1-3-5(2)7(6(15)4-10)14-8(16)9(11,12)13/h5,7H,3-4H2,1-2H3,(H,14,16). The van der Waals surface area contributed by atoms with Crippen LogP contribution in [-0.2, 0) is 9.59 Å². The quantitative estimate of drug-likeness (QED) is 0.790. The fourth-order valence-electron chi connectivity index (χ4n) is 1.08. The molecule has 2 atom stereocenters. The molecule has 0 radical (unpaired) electrons. The number of carbonyl (C=O) groups excluding carboxylic acids is 2. The van der Waals surface area contributed by atoms with E-state index in [0.717, 1.165) is 0 Å². The third kappa shape index (κ3) is 4.51. The molecule has 0 aromatic rings. The number of alkyl halides is 4. The first-order valence-corrected chi connectivity index (χ1v) is 5.82. The average molecular weight is 304 g/mol. The minimum Gasteiger partial charge on any atom is -0.338 e. The maximum absolute atomic E-state index is 12.0. The largest absolute Gasteiger partial charge is 0.471 e. The van der Waals surface area contributed by atoms with Crippen molar-refractivity contribution in [1.82, 2.24) is 5.32 Å². The van der Waals surface area contributed by atoms with E-state index >= 15 is 0 Å². The van der Waals surface area contributed by atoms with Crippen molar-refractivity contribution in [2.75, 3.05) is 5.33 Å². The SMILES string of the molecule is CCC(C)C(NC(=O)C(F)(F)F)C(=O)CBr. The van der Waals surface area contributed by atoms with Gasteiger partial charge in [0.2, 0.25) is 0 Å². The summed E-state index contributed by atoms with van der Waals surface area (Å²) in [6.07, 6.45) is -4.46. The molecule has 0 aromatic carbocycles. The summed E-state index contributed by atoms with van der Waals surface area (Å²) < 4.78 is 36.0. The highest BCUT2D eigenvalue weighted by Gasteiger charge is 2.41. The van der Waals surface area contributed by atoms with E-state index < -0.39 is 23.9 Å². The summed E-state index contributed by atoms with van der Waals surface area (Å²) in [4.78, 5) is 22.1. The van der Waals surface area contributed by atoms with Crippen molar-refractivity contribution in [3.05, 3.63) is 0 Å². The number of ketones is 1. The van der Waals surface area contributed by atoms with Gasteiger partial charge in [0, 0.05) is 0 Å². The van der Waals surface area contributed by atoms with Gasteiger partial charge in [-0.2, -0.15) is 13.2 Å². The fourth-order valence-corrected chi connectivity index (χ4v) is 1.43. The van der Waals surface area contributed by atoms with Crippen molar-refractivity contribution in [3.8, 4) is 0 Å². The molecule has 0 aliphatic rings. The molecule has 0 heterocycles. The van der Waals surface area contributed by atoms with Crippen LogP contribution in [0.4, 0.5) is 13.2 Å². The number of amides is 1. The molecular weight excluding hydrogens is 291 g/mol. The molecule has 0 saturated carbocycles. The summed E-state index contributed by atoms with van der Waals surface area (Å²) in [6, 6.07) is -1.10. The molecule has 1 amide bonds. The van der Waals surface area contributed by atoms with Gasteiger partial charge in [0.05, 0.1) is 11.4 Å². The van der Waals surface area contributed by atoms with Gasteiger partial charge in [-0.1, -0.05) is 36.2 Å². The lowest BCUT2D eigenvalue weighted by molar-refractivity contribution is -0.175. The number of Topliss-reactive ketones (excluding diaryl/α,β-unsaturated/α-hetero) is 1. The molecule has 0 fully saturated rings. The van der Waals surface area contributed by atoms with Gasteiger partial charge < -0.3 is 5.32 Å². The highest BCUT2D eigenvalue weighted by molar-refractivity contribution is 9.09. The second kappa shape index (κ2) is 6.22. The molecule has 0 aromatic heterocycles. The van der Waals surface area contributed by atoms with Crippen LogP contribution in [0.3, 0.4) is 0 Å². The van der Waals surface area contributed by atoms with Gasteiger partial charge in [-0.15, -0.1) is 0 Å². The third-order valence-corrected chi connectivity index (χ3v) is 2.79. The van der Waals surface area contributed by atoms with Gasteiger partial charge in [-0.05, 0) is 5.92 Å². The van der Waals surface area contributed by atoms with Crippen molar-refractivity contribution < 1.29 is 22.8 Å². The van der Waals surface area contributed by atoms with E-state index in [9.17, 15) is 22.8 Å². The normalized spacial score (nSPS) is 15.4. The summed E-state index contributed by atoms with van der Waals surface area (Å²) in [5.41, 5.74) is 0. The van der Waals surface area contributed by atoms with Crippen molar-refractivity contribution in [3.63, 3.8) is 0 Å². The van der Waals surface area contributed by atoms with Gasteiger partial charge in [-0.25, -0.2) is 0 Å². The van der Waals surface area contributed by atoms with E-state index in [1.54, 1.807) is 19.2 Å². The number of carbonyl (C=O) groups is 2. The van der Waals surface area contributed by atoms with Crippen LogP contribution in [-0.4, -0.2) is 29.2 Å². The Labute approximate surface area is 99.9 Å². The van der Waals surface area contributed by atoms with E-state index in [1.807, 2.05) is 0 Å². The lowest BCUT2D eigenvalue weighted by Gasteiger charge is -2.22. The maximum atomic E-state index is 12.0. The van der Waals surface area contributed by atoms with Crippen molar-refractivity contribution >= 4 is 27.6 Å². The van der Waals surface area contributed by atoms with E-state index in [0.29, 0.717) is 6.42 Å². The van der Waals surface area contributed by atoms with Crippen LogP contribution in [0.1, 0.15) is 20.3 Å². The summed E-state index contributed by atoms with van der Waals surface area (Å²) in [5.74, 6) is -2.88. The monoisotopic (exact) mass is 303 g/mol. The van der Waals surface area contributed by atoms with Crippen LogP contribution in [0.25, 0.3) is 0 Å². The lowest BCUT2D eigenvalue weighted by atomic mass is 9.96. The Bertz CT molecular complexity index is 268. The Morgan fingerprint density at radius 1 is 1.38 bits per heavy atom. The molecule has 0 rings (SSSR count). The van der Waals surface area contributed by atoms with Gasteiger partial charge in [0.1, 0.15) is 0 Å². The van der Waals surface area contributed by atoms with Crippen LogP contribution >= 0.6 is 15.9 Å². The molecule has 0 spiro atoms. The minimum atomic E-state index is -4.96. The van der Waals surface area contributed by atoms with Crippen molar-refractivity contribution in [2.45, 2.75) is 32.5 Å². The first-order chi connectivity index (χ1) is 7.23. The number of rotatable bonds is 5. The Morgan fingerprint density at radius 3 is 2.19 bits per heavy atom. The second-order valence-corrected chi connectivity index (χ2v) is 4.00. The Hall–Kier alpha value is -0.590. The molecule has 0 aliphatic carbocycles. The molecule has 0 aliphatic heterocycles. The average Bonchev–Trinajstić information content (AvgIpc) is 2.21. The molecule has 3 nitrogen and oxygen atoms in total. The van der Waals surface area contributed by atoms with Crippen molar-refractivity contribution in [2.24, 2.45) is 5.92 Å². The first-order valence-electron chi connectivity index (χ1n) is 4.70.